The van der Waals surface area contributed by atoms with E-state index in [1.54, 1.807) is 23.1 Å². The zero-order chi connectivity index (χ0) is 18.8. The molecule has 1 aromatic rings. The van der Waals surface area contributed by atoms with Gasteiger partial charge in [-0.15, -0.1) is 0 Å². The lowest BCUT2D eigenvalue weighted by atomic mass is 9.52. The molecule has 3 amide bonds. The summed E-state index contributed by atoms with van der Waals surface area (Å²) in [6, 6.07) is 4.87. The number of fused-ring (bicyclic) bond motifs is 1. The van der Waals surface area contributed by atoms with E-state index in [0.29, 0.717) is 47.9 Å². The SMILES string of the molecule is NC(=O)c1ccc2c(c1)N(C(=O)N[C@H]1C3CC4CC1C[C@](O)(C4)C3)CCO2. The number of urea groups is 1. The van der Waals surface area contributed by atoms with Gasteiger partial charge in [-0.1, -0.05) is 0 Å². The van der Waals surface area contributed by atoms with Crippen LogP contribution in [0.15, 0.2) is 18.2 Å². The number of rotatable bonds is 2. The summed E-state index contributed by atoms with van der Waals surface area (Å²) in [4.78, 5) is 26.3. The van der Waals surface area contributed by atoms with Gasteiger partial charge in [-0.05, 0) is 68.1 Å². The predicted octanol–water partition coefficient (Wildman–Crippen LogP) is 1.63. The summed E-state index contributed by atoms with van der Waals surface area (Å²) in [6.45, 7) is 0.839. The number of hydrogen-bond acceptors (Lipinski definition) is 4. The van der Waals surface area contributed by atoms with Crippen molar-refractivity contribution in [3.63, 3.8) is 0 Å². The second-order valence-electron chi connectivity index (χ2n) is 8.72. The predicted molar refractivity (Wildman–Crippen MR) is 98.6 cm³/mol. The smallest absolute Gasteiger partial charge is 0.322 e. The molecule has 5 aliphatic rings. The third kappa shape index (κ3) is 2.76. The van der Waals surface area contributed by atoms with Crippen molar-refractivity contribution in [1.82, 2.24) is 5.32 Å². The van der Waals surface area contributed by atoms with Gasteiger partial charge in [0.05, 0.1) is 17.8 Å². The zero-order valence-electron chi connectivity index (χ0n) is 15.2. The minimum Gasteiger partial charge on any atom is -0.490 e. The number of ether oxygens (including phenoxy) is 1. The van der Waals surface area contributed by atoms with Crippen LogP contribution in [-0.2, 0) is 0 Å². The van der Waals surface area contributed by atoms with E-state index in [0.717, 1.165) is 32.1 Å². The number of aliphatic hydroxyl groups is 1. The van der Waals surface area contributed by atoms with Gasteiger partial charge in [0.15, 0.2) is 0 Å². The van der Waals surface area contributed by atoms with Gasteiger partial charge in [0.25, 0.3) is 0 Å². The van der Waals surface area contributed by atoms with Crippen molar-refractivity contribution in [1.29, 1.82) is 0 Å². The molecule has 4 saturated carbocycles. The van der Waals surface area contributed by atoms with Crippen LogP contribution in [0, 0.1) is 17.8 Å². The maximum absolute atomic E-state index is 13.1. The summed E-state index contributed by atoms with van der Waals surface area (Å²) in [6.07, 6.45) is 4.69. The molecule has 4 aliphatic carbocycles. The average molecular weight is 371 g/mol. The van der Waals surface area contributed by atoms with Crippen molar-refractivity contribution in [2.45, 2.75) is 43.7 Å². The Morgan fingerprint density at radius 2 is 1.96 bits per heavy atom. The molecule has 1 aliphatic heterocycles. The molecule has 2 unspecified atom stereocenters. The number of nitrogens with two attached hydrogens (primary N) is 1. The molecule has 6 rings (SSSR count). The Morgan fingerprint density at radius 3 is 2.63 bits per heavy atom. The van der Waals surface area contributed by atoms with Gasteiger partial charge < -0.3 is 20.9 Å². The molecular weight excluding hydrogens is 346 g/mol. The molecule has 7 nitrogen and oxygen atoms in total. The molecule has 4 bridgehead atoms. The van der Waals surface area contributed by atoms with Gasteiger partial charge in [0.1, 0.15) is 12.4 Å². The van der Waals surface area contributed by atoms with Crippen molar-refractivity contribution in [3.8, 4) is 5.75 Å². The van der Waals surface area contributed by atoms with Crippen LogP contribution >= 0.6 is 0 Å². The first-order valence-electron chi connectivity index (χ1n) is 9.79. The van der Waals surface area contributed by atoms with E-state index in [2.05, 4.69) is 5.32 Å². The van der Waals surface area contributed by atoms with Gasteiger partial charge in [-0.3, -0.25) is 9.69 Å². The van der Waals surface area contributed by atoms with Crippen LogP contribution < -0.4 is 20.7 Å². The van der Waals surface area contributed by atoms with Gasteiger partial charge in [0, 0.05) is 11.6 Å². The highest BCUT2D eigenvalue weighted by Gasteiger charge is 2.55. The number of anilines is 1. The highest BCUT2D eigenvalue weighted by atomic mass is 16.5. The van der Waals surface area contributed by atoms with Crippen molar-refractivity contribution in [2.75, 3.05) is 18.1 Å². The van der Waals surface area contributed by atoms with Gasteiger partial charge in [-0.2, -0.15) is 0 Å². The number of carbonyl (C=O) groups excluding carboxylic acids is 2. The average Bonchev–Trinajstić information content (AvgIpc) is 2.62. The maximum atomic E-state index is 13.1. The molecular formula is C20H25N3O4. The first-order valence-corrected chi connectivity index (χ1v) is 9.79. The number of nitrogens with one attached hydrogen (secondary N) is 1. The fraction of sp³-hybridized carbons (Fsp3) is 0.600. The van der Waals surface area contributed by atoms with Gasteiger partial charge >= 0.3 is 6.03 Å². The Hall–Kier alpha value is -2.28. The second-order valence-corrected chi connectivity index (χ2v) is 8.72. The molecule has 0 saturated heterocycles. The van der Waals surface area contributed by atoms with E-state index in [-0.39, 0.29) is 12.1 Å². The summed E-state index contributed by atoms with van der Waals surface area (Å²) >= 11 is 0. The van der Waals surface area contributed by atoms with E-state index in [1.807, 2.05) is 0 Å². The third-order valence-corrected chi connectivity index (χ3v) is 6.88. The van der Waals surface area contributed by atoms with Crippen molar-refractivity contribution < 1.29 is 19.4 Å². The van der Waals surface area contributed by atoms with Crippen LogP contribution in [0.2, 0.25) is 0 Å². The Bertz CT molecular complexity index is 794. The minimum atomic E-state index is -0.530. The van der Waals surface area contributed by atoms with Crippen molar-refractivity contribution in [2.24, 2.45) is 23.5 Å². The fourth-order valence-corrected chi connectivity index (χ4v) is 6.02. The van der Waals surface area contributed by atoms with Crippen molar-refractivity contribution in [3.05, 3.63) is 23.8 Å². The number of nitrogens with zero attached hydrogens (tertiary/aromatic N) is 1. The second kappa shape index (κ2) is 5.86. The third-order valence-electron chi connectivity index (χ3n) is 6.88. The summed E-state index contributed by atoms with van der Waals surface area (Å²) in [7, 11) is 0. The number of primary amides is 1. The van der Waals surface area contributed by atoms with E-state index < -0.39 is 11.5 Å². The summed E-state index contributed by atoms with van der Waals surface area (Å²) in [5.41, 5.74) is 5.81. The standard InChI is InChI=1S/C20H25N3O4/c21-18(24)12-1-2-16-15(7-12)23(3-4-27-16)19(25)22-17-13-5-11-6-14(17)10-20(26,8-11)9-13/h1-2,7,11,13-14,17,26H,3-6,8-10H2,(H2,21,24)(H,22,25)/t11?,13?,14?,17-,20-. The van der Waals surface area contributed by atoms with E-state index in [9.17, 15) is 14.7 Å². The highest BCUT2D eigenvalue weighted by molar-refractivity contribution is 5.98. The van der Waals surface area contributed by atoms with E-state index in [1.165, 1.54) is 0 Å². The molecule has 4 N–H and O–H groups in total. The summed E-state index contributed by atoms with van der Waals surface area (Å²) in [5, 5.41) is 14.0. The van der Waals surface area contributed by atoms with Crippen LogP contribution in [-0.4, -0.2) is 41.8 Å². The lowest BCUT2D eigenvalue weighted by Crippen LogP contribution is -2.63. The monoisotopic (exact) mass is 371 g/mol. The first-order chi connectivity index (χ1) is 12.9. The molecule has 1 heterocycles. The molecule has 144 valence electrons. The fourth-order valence-electron chi connectivity index (χ4n) is 6.02. The van der Waals surface area contributed by atoms with E-state index in [4.69, 9.17) is 10.5 Å². The topological polar surface area (TPSA) is 105 Å². The van der Waals surface area contributed by atoms with Gasteiger partial charge in [-0.25, -0.2) is 4.79 Å². The van der Waals surface area contributed by atoms with Crippen LogP contribution in [0.5, 0.6) is 5.75 Å². The molecule has 1 aromatic carbocycles. The Labute approximate surface area is 157 Å². The normalized spacial score (nSPS) is 36.1. The van der Waals surface area contributed by atoms with Gasteiger partial charge in [0.2, 0.25) is 5.91 Å². The molecule has 2 atom stereocenters. The minimum absolute atomic E-state index is 0.111. The van der Waals surface area contributed by atoms with Crippen LogP contribution in [0.1, 0.15) is 42.5 Å². The molecule has 0 spiro atoms. The van der Waals surface area contributed by atoms with Crippen LogP contribution in [0.4, 0.5) is 10.5 Å². The number of carbonyl (C=O) groups is 2. The molecule has 0 radical (unpaired) electrons. The van der Waals surface area contributed by atoms with Crippen molar-refractivity contribution >= 4 is 17.6 Å². The summed E-state index contributed by atoms with van der Waals surface area (Å²) < 4.78 is 5.63. The number of amides is 3. The Kier molecular flexibility index (Phi) is 3.66. The number of hydrogen-bond donors (Lipinski definition) is 3. The van der Waals surface area contributed by atoms with Crippen LogP contribution in [0.25, 0.3) is 0 Å². The molecule has 27 heavy (non-hydrogen) atoms. The number of benzene rings is 1. The largest absolute Gasteiger partial charge is 0.490 e. The maximum Gasteiger partial charge on any atom is 0.322 e. The molecule has 7 heteroatoms. The Morgan fingerprint density at radius 1 is 1.22 bits per heavy atom. The van der Waals surface area contributed by atoms with E-state index >= 15 is 0 Å². The zero-order valence-corrected chi connectivity index (χ0v) is 15.2. The quantitative estimate of drug-likeness (QED) is 0.735. The highest BCUT2D eigenvalue weighted by Crippen LogP contribution is 2.55. The first kappa shape index (κ1) is 16.9. The molecule has 0 aromatic heterocycles. The lowest BCUT2D eigenvalue weighted by molar-refractivity contribution is -0.136. The van der Waals surface area contributed by atoms with Crippen LogP contribution in [0.3, 0.4) is 0 Å². The lowest BCUT2D eigenvalue weighted by Gasteiger charge is -2.58. The molecule has 4 fully saturated rings. The Balaban J connectivity index is 1.37. The summed E-state index contributed by atoms with van der Waals surface area (Å²) in [5.74, 6) is 1.35.